The van der Waals surface area contributed by atoms with E-state index in [1.54, 1.807) is 11.3 Å². The van der Waals surface area contributed by atoms with Crippen molar-refractivity contribution in [3.8, 4) is 10.8 Å². The Kier molecular flexibility index (Phi) is 4.84. The van der Waals surface area contributed by atoms with E-state index >= 15 is 0 Å². The van der Waals surface area contributed by atoms with E-state index in [-0.39, 0.29) is 0 Å². The predicted octanol–water partition coefficient (Wildman–Crippen LogP) is 2.91. The third-order valence-electron chi connectivity index (χ3n) is 2.63. The lowest BCUT2D eigenvalue weighted by Crippen LogP contribution is -2.14. The van der Waals surface area contributed by atoms with Crippen LogP contribution >= 0.6 is 23.6 Å². The van der Waals surface area contributed by atoms with Crippen LogP contribution in [0, 0.1) is 4.84 Å². The zero-order valence-electron chi connectivity index (χ0n) is 11.4. The van der Waals surface area contributed by atoms with Crippen LogP contribution in [0.15, 0.2) is 4.42 Å². The lowest BCUT2D eigenvalue weighted by Gasteiger charge is -2.06. The molecule has 0 atom stereocenters. The van der Waals surface area contributed by atoms with Gasteiger partial charge in [0.2, 0.25) is 0 Å². The molecule has 0 aromatic carbocycles. The molecule has 2 rings (SSSR count). The van der Waals surface area contributed by atoms with Gasteiger partial charge in [0.1, 0.15) is 4.88 Å². The fourth-order valence-corrected chi connectivity index (χ4v) is 2.88. The van der Waals surface area contributed by atoms with Crippen LogP contribution in [0.2, 0.25) is 0 Å². The Morgan fingerprint density at radius 1 is 1.37 bits per heavy atom. The molecule has 0 fully saturated rings. The third kappa shape index (κ3) is 3.71. The minimum atomic E-state index is 0.306. The highest BCUT2D eigenvalue weighted by Gasteiger charge is 2.16. The molecule has 0 aliphatic carbocycles. The van der Waals surface area contributed by atoms with Crippen LogP contribution in [-0.2, 0) is 12.8 Å². The number of H-pyrrole nitrogens is 1. The van der Waals surface area contributed by atoms with Gasteiger partial charge in [0.05, 0.1) is 10.7 Å². The number of nitrogens with one attached hydrogen (secondary N) is 1. The van der Waals surface area contributed by atoms with Crippen LogP contribution in [0.3, 0.4) is 0 Å². The maximum Gasteiger partial charge on any atom is 0.284 e. The van der Waals surface area contributed by atoms with Gasteiger partial charge in [-0.2, -0.15) is 0 Å². The van der Waals surface area contributed by atoms with Crippen molar-refractivity contribution in [3.05, 3.63) is 15.5 Å². The summed E-state index contributed by atoms with van der Waals surface area (Å²) in [6, 6.07) is 0. The van der Waals surface area contributed by atoms with Crippen molar-refractivity contribution in [2.45, 2.75) is 26.2 Å². The van der Waals surface area contributed by atoms with Gasteiger partial charge in [0.25, 0.3) is 10.7 Å². The van der Waals surface area contributed by atoms with E-state index in [4.69, 9.17) is 21.6 Å². The molecule has 2 heterocycles. The smallest absolute Gasteiger partial charge is 0.284 e. The van der Waals surface area contributed by atoms with Crippen molar-refractivity contribution in [1.29, 1.82) is 0 Å². The molecule has 5 nitrogen and oxygen atoms in total. The quantitative estimate of drug-likeness (QED) is 0.831. The maximum absolute atomic E-state index is 5.40. The molecule has 0 radical (unpaired) electrons. The lowest BCUT2D eigenvalue weighted by molar-refractivity contribution is 0.413. The Hall–Kier alpha value is -1.05. The van der Waals surface area contributed by atoms with E-state index in [9.17, 15) is 0 Å². The van der Waals surface area contributed by atoms with E-state index in [0.717, 1.165) is 41.4 Å². The first-order valence-electron chi connectivity index (χ1n) is 6.29. The number of thiazole rings is 1. The minimum Gasteiger partial charge on any atom is -0.408 e. The van der Waals surface area contributed by atoms with Crippen LogP contribution in [0.5, 0.6) is 0 Å². The predicted molar refractivity (Wildman–Crippen MR) is 79.0 cm³/mol. The maximum atomic E-state index is 5.40. The highest BCUT2D eigenvalue weighted by molar-refractivity contribution is 7.71. The summed E-state index contributed by atoms with van der Waals surface area (Å²) in [5.41, 5.74) is 1.06. The van der Waals surface area contributed by atoms with E-state index in [2.05, 4.69) is 36.1 Å². The molecule has 0 spiro atoms. The molecule has 0 bridgehead atoms. The molecule has 19 heavy (non-hydrogen) atoms. The first-order valence-corrected chi connectivity index (χ1v) is 7.51. The van der Waals surface area contributed by atoms with Gasteiger partial charge in [-0.15, -0.1) is 16.4 Å². The topological polar surface area (TPSA) is 58.0 Å². The molecule has 0 saturated heterocycles. The van der Waals surface area contributed by atoms with Gasteiger partial charge in [0, 0.05) is 13.0 Å². The summed E-state index contributed by atoms with van der Waals surface area (Å²) in [4.78, 5) is 8.16. The molecular weight excluding hydrogens is 280 g/mol. The highest BCUT2D eigenvalue weighted by Crippen LogP contribution is 2.30. The fourth-order valence-electron chi connectivity index (χ4n) is 1.73. The number of rotatable bonds is 6. The number of likely N-dealkylation sites (N-methyl/N-ethyl adjacent to an activating group) is 1. The van der Waals surface area contributed by atoms with Crippen LogP contribution in [0.25, 0.3) is 10.8 Å². The minimum absolute atomic E-state index is 0.306. The molecule has 1 N–H and O–H groups in total. The lowest BCUT2D eigenvalue weighted by atomic mass is 10.2. The van der Waals surface area contributed by atoms with Crippen LogP contribution in [0.4, 0.5) is 0 Å². The number of aromatic amines is 1. The molecule has 7 heteroatoms. The summed E-state index contributed by atoms with van der Waals surface area (Å²) in [5, 5.41) is 7.89. The molecule has 0 aliphatic rings. The van der Waals surface area contributed by atoms with Gasteiger partial charge < -0.3 is 9.32 Å². The fraction of sp³-hybridized carbons (Fsp3) is 0.583. The number of hydrogen-bond acceptors (Lipinski definition) is 6. The molecule has 2 aromatic heterocycles. The monoisotopic (exact) mass is 298 g/mol. The molecule has 0 amide bonds. The van der Waals surface area contributed by atoms with Crippen molar-refractivity contribution in [2.75, 3.05) is 20.6 Å². The summed E-state index contributed by atoms with van der Waals surface area (Å²) in [6.45, 7) is 3.13. The molecule has 0 saturated carbocycles. The zero-order valence-corrected chi connectivity index (χ0v) is 13.0. The van der Waals surface area contributed by atoms with E-state index in [1.165, 1.54) is 0 Å². The SMILES string of the molecule is CCCc1nc(CCN(C)C)sc1-c1n[nH]c(=S)o1. The summed E-state index contributed by atoms with van der Waals surface area (Å²) < 4.78 is 5.40. The van der Waals surface area contributed by atoms with Gasteiger partial charge in [-0.05, 0) is 32.7 Å². The van der Waals surface area contributed by atoms with Gasteiger partial charge in [-0.25, -0.2) is 10.1 Å². The number of nitrogens with zero attached hydrogens (tertiary/aromatic N) is 3. The average Bonchev–Trinajstić information content (AvgIpc) is 2.93. The van der Waals surface area contributed by atoms with Crippen molar-refractivity contribution >= 4 is 23.6 Å². The van der Waals surface area contributed by atoms with Crippen LogP contribution in [0.1, 0.15) is 24.0 Å². The average molecular weight is 298 g/mol. The molecule has 2 aromatic rings. The van der Waals surface area contributed by atoms with Crippen LogP contribution < -0.4 is 0 Å². The van der Waals surface area contributed by atoms with Crippen molar-refractivity contribution in [3.63, 3.8) is 0 Å². The summed E-state index contributed by atoms with van der Waals surface area (Å²) in [6.07, 6.45) is 2.93. The van der Waals surface area contributed by atoms with Gasteiger partial charge >= 0.3 is 0 Å². The molecule has 0 aliphatic heterocycles. The Labute approximate surface area is 121 Å². The first-order chi connectivity index (χ1) is 9.10. The first kappa shape index (κ1) is 14.4. The summed E-state index contributed by atoms with van der Waals surface area (Å²) in [7, 11) is 4.13. The number of aryl methyl sites for hydroxylation is 1. The van der Waals surface area contributed by atoms with Crippen molar-refractivity contribution in [2.24, 2.45) is 0 Å². The van der Waals surface area contributed by atoms with E-state index in [1.807, 2.05) is 0 Å². The van der Waals surface area contributed by atoms with E-state index in [0.29, 0.717) is 10.7 Å². The largest absolute Gasteiger partial charge is 0.408 e. The third-order valence-corrected chi connectivity index (χ3v) is 3.95. The molecular formula is C12H18N4OS2. The van der Waals surface area contributed by atoms with Crippen molar-refractivity contribution < 1.29 is 4.42 Å². The second-order valence-electron chi connectivity index (χ2n) is 4.60. The Bertz CT molecular complexity index is 585. The summed E-state index contributed by atoms with van der Waals surface area (Å²) in [5.74, 6) is 0.557. The van der Waals surface area contributed by atoms with E-state index < -0.39 is 0 Å². The zero-order chi connectivity index (χ0) is 13.8. The second-order valence-corrected chi connectivity index (χ2v) is 6.06. The number of hydrogen-bond donors (Lipinski definition) is 1. The van der Waals surface area contributed by atoms with Gasteiger partial charge in [-0.1, -0.05) is 13.3 Å². The Morgan fingerprint density at radius 3 is 2.74 bits per heavy atom. The second kappa shape index (κ2) is 6.40. The van der Waals surface area contributed by atoms with Crippen molar-refractivity contribution in [1.82, 2.24) is 20.1 Å². The molecule has 0 unspecified atom stereocenters. The molecule has 104 valence electrons. The summed E-state index contributed by atoms with van der Waals surface area (Å²) >= 11 is 6.57. The Morgan fingerprint density at radius 2 is 2.16 bits per heavy atom. The Balaban J connectivity index is 2.27. The van der Waals surface area contributed by atoms with Crippen LogP contribution in [-0.4, -0.2) is 40.7 Å². The highest BCUT2D eigenvalue weighted by atomic mass is 32.1. The standard InChI is InChI=1S/C12H18N4OS2/c1-4-5-8-10(11-14-15-12(18)17-11)19-9(13-8)6-7-16(2)3/h4-7H2,1-3H3,(H,15,18). The van der Waals surface area contributed by atoms with Gasteiger partial charge in [0.15, 0.2) is 0 Å². The normalized spacial score (nSPS) is 11.4. The van der Waals surface area contributed by atoms with Gasteiger partial charge in [-0.3, -0.25) is 0 Å². The number of aromatic nitrogens is 3.